The van der Waals surface area contributed by atoms with Crippen LogP contribution in [-0.2, 0) is 0 Å². The quantitative estimate of drug-likeness (QED) is 0.696. The minimum atomic E-state index is 0.377. The van der Waals surface area contributed by atoms with E-state index in [-0.39, 0.29) is 0 Å². The fourth-order valence-corrected chi connectivity index (χ4v) is 4.27. The average Bonchev–Trinajstić information content (AvgIpc) is 2.46. The lowest BCUT2D eigenvalue weighted by molar-refractivity contribution is 0.205. The Morgan fingerprint density at radius 3 is 2.32 bits per heavy atom. The van der Waals surface area contributed by atoms with Gasteiger partial charge in [0.1, 0.15) is 0 Å². The zero-order valence-electron chi connectivity index (χ0n) is 15.6. The van der Waals surface area contributed by atoms with E-state index in [0.717, 1.165) is 11.8 Å². The van der Waals surface area contributed by atoms with Crippen molar-refractivity contribution in [3.63, 3.8) is 0 Å². The molecule has 2 heteroatoms. The summed E-state index contributed by atoms with van der Waals surface area (Å²) >= 11 is 0. The molecule has 2 rings (SSSR count). The second-order valence-electron chi connectivity index (χ2n) is 8.01. The molecule has 0 aliphatic heterocycles. The minimum Gasteiger partial charge on any atom is -0.306 e. The molecular weight excluding hydrogens is 268 g/mol. The third-order valence-corrected chi connectivity index (χ3v) is 6.00. The maximum absolute atomic E-state index is 5.05. The first-order valence-corrected chi connectivity index (χ1v) is 9.41. The van der Waals surface area contributed by atoms with Gasteiger partial charge in [-0.15, -0.1) is 0 Å². The van der Waals surface area contributed by atoms with Crippen LogP contribution in [0.4, 0.5) is 0 Å². The predicted molar refractivity (Wildman–Crippen MR) is 97.4 cm³/mol. The normalized spacial score (nSPS) is 35.6. The third kappa shape index (κ3) is 4.22. The highest BCUT2D eigenvalue weighted by atomic mass is 15.0. The monoisotopic (exact) mass is 304 g/mol. The Hall–Kier alpha value is -0.630. The van der Waals surface area contributed by atoms with Crippen molar-refractivity contribution in [2.24, 2.45) is 22.7 Å². The van der Waals surface area contributed by atoms with Gasteiger partial charge in [-0.05, 0) is 70.6 Å². The molecule has 1 N–H and O–H groups in total. The van der Waals surface area contributed by atoms with Gasteiger partial charge in [-0.1, -0.05) is 32.8 Å². The Kier molecular flexibility index (Phi) is 6.26. The fraction of sp³-hybridized carbons (Fsp3) is 0.850. The van der Waals surface area contributed by atoms with E-state index in [4.69, 9.17) is 4.99 Å². The third-order valence-electron chi connectivity index (χ3n) is 6.00. The first-order chi connectivity index (χ1) is 10.4. The van der Waals surface area contributed by atoms with E-state index in [2.05, 4.69) is 46.9 Å². The summed E-state index contributed by atoms with van der Waals surface area (Å²) in [6.45, 7) is 13.9. The van der Waals surface area contributed by atoms with E-state index in [1.807, 2.05) is 0 Å². The van der Waals surface area contributed by atoms with Crippen molar-refractivity contribution in [2.45, 2.75) is 92.2 Å². The van der Waals surface area contributed by atoms with Gasteiger partial charge in [0.25, 0.3) is 0 Å². The predicted octanol–water partition coefficient (Wildman–Crippen LogP) is 5.34. The number of rotatable bonds is 4. The average molecular weight is 305 g/mol. The molecule has 0 aromatic rings. The minimum absolute atomic E-state index is 0.377. The summed E-state index contributed by atoms with van der Waals surface area (Å²) in [6, 6.07) is 1.02. The molecule has 1 saturated carbocycles. The van der Waals surface area contributed by atoms with Crippen LogP contribution in [0.2, 0.25) is 0 Å². The summed E-state index contributed by atoms with van der Waals surface area (Å²) in [7, 11) is 0. The molecule has 126 valence electrons. The van der Waals surface area contributed by atoms with Crippen molar-refractivity contribution < 1.29 is 0 Å². The topological polar surface area (TPSA) is 24.4 Å². The summed E-state index contributed by atoms with van der Waals surface area (Å²) in [5, 5.41) is 3.88. The smallest absolute Gasteiger partial charge is 0.0426 e. The van der Waals surface area contributed by atoms with Crippen LogP contribution in [-0.4, -0.2) is 17.8 Å². The van der Waals surface area contributed by atoms with E-state index in [1.165, 1.54) is 55.5 Å². The number of hydrogen-bond donors (Lipinski definition) is 1. The molecule has 4 atom stereocenters. The van der Waals surface area contributed by atoms with Crippen molar-refractivity contribution in [1.82, 2.24) is 5.32 Å². The number of allylic oxidation sites excluding steroid dienone is 2. The Labute approximate surface area is 137 Å². The van der Waals surface area contributed by atoms with Crippen LogP contribution in [0.15, 0.2) is 16.3 Å². The highest BCUT2D eigenvalue weighted by Crippen LogP contribution is 2.31. The van der Waals surface area contributed by atoms with E-state index < -0.39 is 0 Å². The first-order valence-electron chi connectivity index (χ1n) is 9.41. The maximum atomic E-state index is 5.05. The standard InChI is InChI=1S/C20H36N2/c1-13-9-7-10-14(2)19(13)21-17(5)18(6)22-20-15(3)11-8-12-16(20)4/h13-15,17,19,21H,7-12H2,1-6H3. The summed E-state index contributed by atoms with van der Waals surface area (Å²) < 4.78 is 0. The van der Waals surface area contributed by atoms with Gasteiger partial charge in [0.2, 0.25) is 0 Å². The lowest BCUT2D eigenvalue weighted by Gasteiger charge is -2.37. The van der Waals surface area contributed by atoms with Crippen LogP contribution in [0.1, 0.15) is 80.1 Å². The molecule has 2 aliphatic carbocycles. The zero-order chi connectivity index (χ0) is 16.3. The van der Waals surface area contributed by atoms with Crippen molar-refractivity contribution in [3.05, 3.63) is 11.3 Å². The van der Waals surface area contributed by atoms with Crippen molar-refractivity contribution in [2.75, 3.05) is 0 Å². The molecule has 2 nitrogen and oxygen atoms in total. The van der Waals surface area contributed by atoms with Crippen molar-refractivity contribution >= 4 is 5.71 Å². The highest BCUT2D eigenvalue weighted by Gasteiger charge is 2.29. The Bertz CT molecular complexity index is 425. The summed E-state index contributed by atoms with van der Waals surface area (Å²) in [5.74, 6) is 2.20. The summed E-state index contributed by atoms with van der Waals surface area (Å²) in [6.07, 6.45) is 7.98. The zero-order valence-corrected chi connectivity index (χ0v) is 15.6. The van der Waals surface area contributed by atoms with Gasteiger partial charge in [-0.3, -0.25) is 4.99 Å². The van der Waals surface area contributed by atoms with E-state index in [0.29, 0.717) is 18.0 Å². The van der Waals surface area contributed by atoms with Crippen LogP contribution in [0.3, 0.4) is 0 Å². The van der Waals surface area contributed by atoms with Gasteiger partial charge in [-0.2, -0.15) is 0 Å². The molecule has 0 saturated heterocycles. The maximum Gasteiger partial charge on any atom is 0.0426 e. The fourth-order valence-electron chi connectivity index (χ4n) is 4.27. The van der Waals surface area contributed by atoms with Gasteiger partial charge in [0, 0.05) is 23.5 Å². The van der Waals surface area contributed by atoms with Crippen molar-refractivity contribution in [3.8, 4) is 0 Å². The second kappa shape index (κ2) is 7.77. The Balaban J connectivity index is 2.05. The molecule has 0 amide bonds. The summed E-state index contributed by atoms with van der Waals surface area (Å²) in [5.41, 5.74) is 4.12. The van der Waals surface area contributed by atoms with Crippen molar-refractivity contribution in [1.29, 1.82) is 0 Å². The van der Waals surface area contributed by atoms with Gasteiger partial charge >= 0.3 is 0 Å². The van der Waals surface area contributed by atoms with Crippen LogP contribution >= 0.6 is 0 Å². The van der Waals surface area contributed by atoms with E-state index >= 15 is 0 Å². The molecule has 0 aromatic carbocycles. The van der Waals surface area contributed by atoms with Crippen LogP contribution in [0, 0.1) is 17.8 Å². The van der Waals surface area contributed by atoms with Crippen LogP contribution in [0.25, 0.3) is 0 Å². The molecule has 22 heavy (non-hydrogen) atoms. The second-order valence-corrected chi connectivity index (χ2v) is 8.01. The van der Waals surface area contributed by atoms with Crippen LogP contribution < -0.4 is 5.32 Å². The molecule has 1 fully saturated rings. The van der Waals surface area contributed by atoms with E-state index in [1.54, 1.807) is 0 Å². The Morgan fingerprint density at radius 1 is 1.09 bits per heavy atom. The molecule has 0 radical (unpaired) electrons. The molecule has 2 aliphatic rings. The van der Waals surface area contributed by atoms with E-state index in [9.17, 15) is 0 Å². The molecule has 0 heterocycles. The van der Waals surface area contributed by atoms with Gasteiger partial charge in [0.15, 0.2) is 0 Å². The molecule has 0 bridgehead atoms. The lowest BCUT2D eigenvalue weighted by atomic mass is 9.78. The number of nitrogens with one attached hydrogen (secondary N) is 1. The molecule has 4 unspecified atom stereocenters. The first kappa shape index (κ1) is 17.7. The highest BCUT2D eigenvalue weighted by molar-refractivity contribution is 5.87. The Morgan fingerprint density at radius 2 is 1.73 bits per heavy atom. The number of nitrogens with zero attached hydrogens (tertiary/aromatic N) is 1. The molecule has 0 spiro atoms. The largest absolute Gasteiger partial charge is 0.306 e. The lowest BCUT2D eigenvalue weighted by Crippen LogP contribution is -2.49. The van der Waals surface area contributed by atoms with Gasteiger partial charge in [0.05, 0.1) is 0 Å². The number of aliphatic imine (C=N–C) groups is 1. The molecular formula is C20H36N2. The van der Waals surface area contributed by atoms with Gasteiger partial charge in [-0.25, -0.2) is 0 Å². The number of hydrogen-bond acceptors (Lipinski definition) is 2. The molecule has 0 aromatic heterocycles. The van der Waals surface area contributed by atoms with Gasteiger partial charge < -0.3 is 5.32 Å². The summed E-state index contributed by atoms with van der Waals surface area (Å²) in [4.78, 5) is 5.05. The van der Waals surface area contributed by atoms with Crippen LogP contribution in [0.5, 0.6) is 0 Å². The SMILES string of the molecule is CC(=NC1=C(C)CCCC1C)C(C)NC1C(C)CCCC1C.